The topological polar surface area (TPSA) is 194 Å². The van der Waals surface area contributed by atoms with Crippen molar-refractivity contribution < 1.29 is 37.3 Å². The van der Waals surface area contributed by atoms with Gasteiger partial charge in [0.05, 0.1) is 27.4 Å². The summed E-state index contributed by atoms with van der Waals surface area (Å²) in [5, 5.41) is 23.0. The number of carboxylic acids is 1. The second kappa shape index (κ2) is 17.7. The van der Waals surface area contributed by atoms with Gasteiger partial charge in [-0.2, -0.15) is 9.57 Å². The van der Waals surface area contributed by atoms with E-state index in [-0.39, 0.29) is 41.0 Å². The molecule has 17 heteroatoms. The van der Waals surface area contributed by atoms with E-state index in [9.17, 15) is 23.1 Å². The van der Waals surface area contributed by atoms with Gasteiger partial charge in [0.15, 0.2) is 26.9 Å². The molecular formula is C45H37Cl2N5O8S2. The maximum Gasteiger partial charge on any atom is 0.326 e. The summed E-state index contributed by atoms with van der Waals surface area (Å²) >= 11 is 13.0. The fourth-order valence-electron chi connectivity index (χ4n) is 7.36. The number of anilines is 1. The van der Waals surface area contributed by atoms with Crippen LogP contribution in [0.25, 0.3) is 11.1 Å². The molecule has 2 aliphatic heterocycles. The summed E-state index contributed by atoms with van der Waals surface area (Å²) in [5.74, 6) is -0.611. The van der Waals surface area contributed by atoms with Crippen molar-refractivity contribution in [2.75, 3.05) is 12.3 Å². The number of nitriles is 1. The average Bonchev–Trinajstić information content (AvgIpc) is 3.63. The molecule has 0 bridgehead atoms. The lowest BCUT2D eigenvalue weighted by Crippen LogP contribution is -2.55. The predicted molar refractivity (Wildman–Crippen MR) is 234 cm³/mol. The Morgan fingerprint density at radius 1 is 0.968 bits per heavy atom. The molecule has 0 saturated carbocycles. The van der Waals surface area contributed by atoms with E-state index in [0.29, 0.717) is 56.2 Å². The summed E-state index contributed by atoms with van der Waals surface area (Å²) in [5.41, 5.74) is 11.9. The molecule has 6 aromatic rings. The van der Waals surface area contributed by atoms with E-state index in [1.807, 2.05) is 54.6 Å². The highest BCUT2D eigenvalue weighted by Crippen LogP contribution is 2.42. The second-order valence-corrected chi connectivity index (χ2v) is 18.7. The van der Waals surface area contributed by atoms with Gasteiger partial charge >= 0.3 is 5.97 Å². The first-order valence-electron chi connectivity index (χ1n) is 19.2. The molecule has 3 atom stereocenters. The fourth-order valence-corrected chi connectivity index (χ4v) is 10.7. The first-order chi connectivity index (χ1) is 29.7. The number of nitrogens with one attached hydrogen (secondary N) is 1. The highest BCUT2D eigenvalue weighted by Gasteiger charge is 2.43. The molecule has 0 aliphatic carbocycles. The van der Waals surface area contributed by atoms with Gasteiger partial charge in [0, 0.05) is 13.0 Å². The molecule has 0 radical (unpaired) electrons. The number of aryl methyl sites for hydroxylation is 1. The number of ether oxygens (including phenoxy) is 3. The Bertz CT molecular complexity index is 2830. The SMILES string of the molecule is Cc1nc(N)sc1S(=O)(=O)N1Cc2cc3c(cc2C[C@H]1C(=O)NC(Cc1ccc(-c2ccc(C#N)cc2)cc1)C(=O)O)OC[C@H](c1ccc(OCc2ccc(Cl)c(Cl)c2)cc1)O3. The molecule has 8 rings (SSSR count). The first kappa shape index (κ1) is 42.5. The maximum absolute atomic E-state index is 14.4. The zero-order valence-electron chi connectivity index (χ0n) is 32.9. The Hall–Kier alpha value is -6.15. The number of hydrogen-bond acceptors (Lipinski definition) is 11. The Morgan fingerprint density at radius 3 is 2.29 bits per heavy atom. The van der Waals surface area contributed by atoms with Gasteiger partial charge in [0.25, 0.3) is 10.0 Å². The number of nitrogens with zero attached hydrogens (tertiary/aromatic N) is 3. The van der Waals surface area contributed by atoms with Crippen molar-refractivity contribution in [1.82, 2.24) is 14.6 Å². The lowest BCUT2D eigenvalue weighted by molar-refractivity contribution is -0.142. The molecule has 0 fully saturated rings. The summed E-state index contributed by atoms with van der Waals surface area (Å²) in [6, 6.07) is 29.8. The number of nitrogen functional groups attached to an aromatic ring is 1. The van der Waals surface area contributed by atoms with E-state index in [4.69, 9.17) is 48.4 Å². The van der Waals surface area contributed by atoms with Gasteiger partial charge in [-0.15, -0.1) is 0 Å². The number of rotatable bonds is 12. The summed E-state index contributed by atoms with van der Waals surface area (Å²) < 4.78 is 48.3. The summed E-state index contributed by atoms with van der Waals surface area (Å²) in [4.78, 5) is 30.9. The van der Waals surface area contributed by atoms with Crippen molar-refractivity contribution >= 4 is 61.6 Å². The maximum atomic E-state index is 14.4. The third kappa shape index (κ3) is 9.06. The lowest BCUT2D eigenvalue weighted by Gasteiger charge is -2.36. The number of aromatic nitrogens is 1. The molecule has 0 spiro atoms. The normalized spacial score (nSPS) is 16.4. The molecule has 4 N–H and O–H groups in total. The van der Waals surface area contributed by atoms with Crippen LogP contribution in [0, 0.1) is 18.3 Å². The number of carbonyl (C=O) groups excluding carboxylic acids is 1. The van der Waals surface area contributed by atoms with Crippen LogP contribution in [0.1, 0.15) is 45.2 Å². The van der Waals surface area contributed by atoms with Crippen LogP contribution in [0.4, 0.5) is 5.13 Å². The molecule has 316 valence electrons. The number of amides is 1. The van der Waals surface area contributed by atoms with E-state index in [1.54, 1.807) is 48.5 Å². The molecule has 1 aromatic heterocycles. The molecule has 0 saturated heterocycles. The van der Waals surface area contributed by atoms with Gasteiger partial charge in [-0.25, -0.2) is 18.2 Å². The standard InChI is InChI=1S/C45H37Cl2N5O8S2/c1-25-44(61-45(49)50-25)62(56,57)52-22-33-20-40-39(59-24-41(60-40)31-11-13-34(14-12-31)58-23-28-6-15-35(46)36(47)16-28)19-32(33)18-38(52)42(53)51-37(43(54)55)17-26-2-7-29(8-3-26)30-9-4-27(21-48)5-10-30/h2-16,19-20,37-38,41H,17-18,22-24H2,1H3,(H2,49,50)(H,51,53)(H,54,55)/t37?,38-,41+/m0/s1. The van der Waals surface area contributed by atoms with Crippen molar-refractivity contribution in [3.05, 3.63) is 152 Å². The minimum absolute atomic E-state index is 0.0485. The number of nitrogens with two attached hydrogens (primary N) is 1. The van der Waals surface area contributed by atoms with Crippen molar-refractivity contribution in [3.63, 3.8) is 0 Å². The number of hydrogen-bond donors (Lipinski definition) is 3. The number of fused-ring (bicyclic) bond motifs is 2. The monoisotopic (exact) mass is 909 g/mol. The average molecular weight is 911 g/mol. The minimum Gasteiger partial charge on any atom is -0.489 e. The van der Waals surface area contributed by atoms with Crippen LogP contribution in [0.5, 0.6) is 17.2 Å². The van der Waals surface area contributed by atoms with E-state index >= 15 is 0 Å². The van der Waals surface area contributed by atoms with E-state index < -0.39 is 40.1 Å². The van der Waals surface area contributed by atoms with E-state index in [2.05, 4.69) is 16.4 Å². The Kier molecular flexibility index (Phi) is 12.1. The van der Waals surface area contributed by atoms with Crippen LogP contribution in [-0.4, -0.2) is 53.4 Å². The zero-order valence-corrected chi connectivity index (χ0v) is 36.0. The number of halogens is 2. The highest BCUT2D eigenvalue weighted by molar-refractivity contribution is 7.91. The van der Waals surface area contributed by atoms with Crippen molar-refractivity contribution in [3.8, 4) is 34.4 Å². The number of sulfonamides is 1. The van der Waals surface area contributed by atoms with Gasteiger partial charge in [-0.1, -0.05) is 89.1 Å². The molecule has 1 unspecified atom stereocenters. The third-order valence-corrected chi connectivity index (χ3v) is 14.8. The van der Waals surface area contributed by atoms with Gasteiger partial charge in [0.1, 0.15) is 31.0 Å². The smallest absolute Gasteiger partial charge is 0.326 e. The van der Waals surface area contributed by atoms with Gasteiger partial charge in [0.2, 0.25) is 5.91 Å². The fraction of sp³-hybridized carbons (Fsp3) is 0.200. The van der Waals surface area contributed by atoms with Crippen LogP contribution >= 0.6 is 34.5 Å². The van der Waals surface area contributed by atoms with Crippen molar-refractivity contribution in [2.24, 2.45) is 0 Å². The lowest BCUT2D eigenvalue weighted by atomic mass is 9.94. The molecule has 62 heavy (non-hydrogen) atoms. The molecule has 5 aromatic carbocycles. The highest BCUT2D eigenvalue weighted by atomic mass is 35.5. The summed E-state index contributed by atoms with van der Waals surface area (Å²) in [7, 11) is -4.38. The van der Waals surface area contributed by atoms with Crippen LogP contribution in [0.3, 0.4) is 0 Å². The van der Waals surface area contributed by atoms with Crippen molar-refractivity contribution in [1.29, 1.82) is 5.26 Å². The van der Waals surface area contributed by atoms with Crippen LogP contribution < -0.4 is 25.3 Å². The quantitative estimate of drug-likeness (QED) is 0.108. The number of carboxylic acid groups (broad SMARTS) is 1. The van der Waals surface area contributed by atoms with Gasteiger partial charge in [-0.3, -0.25) is 4.79 Å². The van der Waals surface area contributed by atoms with E-state index in [0.717, 1.165) is 37.9 Å². The van der Waals surface area contributed by atoms with Gasteiger partial charge in [-0.05, 0) is 101 Å². The number of carbonyl (C=O) groups is 2. The third-order valence-electron chi connectivity index (χ3n) is 10.6. The molecule has 2 aliphatic rings. The largest absolute Gasteiger partial charge is 0.489 e. The predicted octanol–water partition coefficient (Wildman–Crippen LogP) is 7.90. The Morgan fingerprint density at radius 2 is 1.65 bits per heavy atom. The summed E-state index contributed by atoms with van der Waals surface area (Å²) in [6.45, 7) is 1.77. The Labute approximate surface area is 371 Å². The van der Waals surface area contributed by atoms with Crippen LogP contribution in [-0.2, 0) is 45.6 Å². The second-order valence-electron chi connectivity index (χ2n) is 14.8. The van der Waals surface area contributed by atoms with Crippen LogP contribution in [0.15, 0.2) is 107 Å². The molecule has 13 nitrogen and oxygen atoms in total. The first-order valence-corrected chi connectivity index (χ1v) is 22.3. The zero-order chi connectivity index (χ0) is 43.7. The minimum atomic E-state index is -4.38. The van der Waals surface area contributed by atoms with Gasteiger partial charge < -0.3 is 30.4 Å². The summed E-state index contributed by atoms with van der Waals surface area (Å²) in [6.07, 6.45) is -0.637. The number of aliphatic carboxylic acids is 1. The molecule has 1 amide bonds. The Balaban J connectivity index is 1.01. The molecule has 3 heterocycles. The van der Waals surface area contributed by atoms with Crippen molar-refractivity contribution in [2.45, 2.75) is 55.3 Å². The van der Waals surface area contributed by atoms with Crippen LogP contribution in [0.2, 0.25) is 10.0 Å². The van der Waals surface area contributed by atoms with E-state index in [1.165, 1.54) is 6.92 Å². The number of thiazole rings is 1. The number of benzene rings is 5. The molecular weight excluding hydrogens is 874 g/mol.